The van der Waals surface area contributed by atoms with Crippen LogP contribution in [-0.2, 0) is 9.47 Å². The number of ether oxygens (including phenoxy) is 2. The lowest BCUT2D eigenvalue weighted by Crippen LogP contribution is -2.24. The molecule has 12 heavy (non-hydrogen) atoms. The molecule has 0 saturated heterocycles. The summed E-state index contributed by atoms with van der Waals surface area (Å²) in [6.45, 7) is 5.50. The fourth-order valence-corrected chi connectivity index (χ4v) is 3.17. The number of rotatable bonds is 8. The Morgan fingerprint density at radius 2 is 1.83 bits per heavy atom. The molecule has 0 aliphatic rings. The van der Waals surface area contributed by atoms with Gasteiger partial charge in [0, 0.05) is 19.1 Å². The summed E-state index contributed by atoms with van der Waals surface area (Å²) in [6, 6.07) is 1.22. The molecular formula is C8H19ClO2Si. The van der Waals surface area contributed by atoms with Crippen molar-refractivity contribution in [2.75, 3.05) is 19.1 Å². The van der Waals surface area contributed by atoms with Gasteiger partial charge in [-0.05, 0) is 20.3 Å². The largest absolute Gasteiger partial charge is 0.357 e. The van der Waals surface area contributed by atoms with Gasteiger partial charge in [0.15, 0.2) is 0 Å². The third kappa shape index (κ3) is 7.10. The van der Waals surface area contributed by atoms with Gasteiger partial charge in [0.05, 0.1) is 9.52 Å². The summed E-state index contributed by atoms with van der Waals surface area (Å²) in [5, 5.41) is 0. The monoisotopic (exact) mass is 210 g/mol. The van der Waals surface area contributed by atoms with Gasteiger partial charge < -0.3 is 9.47 Å². The summed E-state index contributed by atoms with van der Waals surface area (Å²) in [6.07, 6.45) is 1.10. The summed E-state index contributed by atoms with van der Waals surface area (Å²) in [4.78, 5) is 0. The molecule has 0 fully saturated rings. The van der Waals surface area contributed by atoms with Crippen LogP contribution >= 0.6 is 11.6 Å². The van der Waals surface area contributed by atoms with Crippen LogP contribution in [0.15, 0.2) is 0 Å². The lowest BCUT2D eigenvalue weighted by Gasteiger charge is -2.15. The van der Waals surface area contributed by atoms with E-state index in [0.29, 0.717) is 0 Å². The molecule has 0 amide bonds. The first-order chi connectivity index (χ1) is 5.85. The second-order valence-corrected chi connectivity index (χ2v) is 4.85. The van der Waals surface area contributed by atoms with Gasteiger partial charge in [-0.15, -0.1) is 11.6 Å². The molecule has 0 N–H and O–H groups in total. The summed E-state index contributed by atoms with van der Waals surface area (Å²) >= 11 is 5.58. The van der Waals surface area contributed by atoms with Crippen LogP contribution in [0.2, 0.25) is 6.04 Å². The van der Waals surface area contributed by atoms with E-state index in [9.17, 15) is 0 Å². The molecule has 0 unspecified atom stereocenters. The number of alkyl halides is 1. The first-order valence-corrected chi connectivity index (χ1v) is 6.99. The summed E-state index contributed by atoms with van der Waals surface area (Å²) < 4.78 is 10.9. The SMILES string of the molecule is CCOC(OCC)[SiH2]CCCCl. The van der Waals surface area contributed by atoms with Crippen molar-refractivity contribution in [1.29, 1.82) is 0 Å². The van der Waals surface area contributed by atoms with Gasteiger partial charge in [-0.25, -0.2) is 0 Å². The Hall–Kier alpha value is 0.427. The van der Waals surface area contributed by atoms with E-state index in [-0.39, 0.29) is 15.4 Å². The molecule has 0 heterocycles. The van der Waals surface area contributed by atoms with Gasteiger partial charge >= 0.3 is 0 Å². The van der Waals surface area contributed by atoms with Crippen LogP contribution in [0, 0.1) is 0 Å². The second kappa shape index (κ2) is 9.51. The second-order valence-electron chi connectivity index (χ2n) is 2.53. The molecule has 0 bridgehead atoms. The highest BCUT2D eigenvalue weighted by molar-refractivity contribution is 6.36. The van der Waals surface area contributed by atoms with E-state index >= 15 is 0 Å². The summed E-state index contributed by atoms with van der Waals surface area (Å²) in [5.41, 5.74) is 0. The van der Waals surface area contributed by atoms with Crippen LogP contribution in [-0.4, -0.2) is 34.5 Å². The van der Waals surface area contributed by atoms with Gasteiger partial charge in [-0.2, -0.15) is 0 Å². The molecule has 4 heteroatoms. The highest BCUT2D eigenvalue weighted by Gasteiger charge is 2.06. The zero-order valence-corrected chi connectivity index (χ0v) is 10.2. The molecule has 0 aromatic heterocycles. The van der Waals surface area contributed by atoms with E-state index in [1.807, 2.05) is 13.8 Å². The number of hydrogen-bond donors (Lipinski definition) is 0. The molecule has 2 nitrogen and oxygen atoms in total. The Morgan fingerprint density at radius 3 is 2.25 bits per heavy atom. The van der Waals surface area contributed by atoms with Crippen LogP contribution in [0.5, 0.6) is 0 Å². The topological polar surface area (TPSA) is 18.5 Å². The summed E-state index contributed by atoms with van der Waals surface area (Å²) in [5.74, 6) is 0.876. The minimum atomic E-state index is -0.237. The van der Waals surface area contributed by atoms with Gasteiger partial charge in [0.2, 0.25) is 0 Å². The maximum absolute atomic E-state index is 5.58. The normalized spacial score (nSPS) is 12.0. The minimum absolute atomic E-state index is 0.114. The van der Waals surface area contributed by atoms with Crippen LogP contribution in [0.25, 0.3) is 0 Å². The zero-order chi connectivity index (χ0) is 9.23. The third-order valence-corrected chi connectivity index (χ3v) is 3.65. The van der Waals surface area contributed by atoms with Crippen molar-refractivity contribution in [1.82, 2.24) is 0 Å². The molecule has 74 valence electrons. The Bertz CT molecular complexity index is 87.1. The van der Waals surface area contributed by atoms with Crippen molar-refractivity contribution in [3.05, 3.63) is 0 Å². The Balaban J connectivity index is 3.34. The van der Waals surface area contributed by atoms with E-state index in [1.165, 1.54) is 6.04 Å². The summed E-state index contributed by atoms with van der Waals surface area (Å²) in [7, 11) is -0.237. The molecule has 0 aromatic rings. The molecule has 0 atom stereocenters. The molecular weight excluding hydrogens is 192 g/mol. The van der Waals surface area contributed by atoms with Gasteiger partial charge in [-0.1, -0.05) is 6.04 Å². The standard InChI is InChI=1S/C8H19ClO2Si/c1-3-10-8(11-4-2)12-7-5-6-9/h8H,3-7,12H2,1-2H3. The van der Waals surface area contributed by atoms with E-state index in [2.05, 4.69) is 0 Å². The maximum atomic E-state index is 5.58. The van der Waals surface area contributed by atoms with Crippen molar-refractivity contribution in [2.45, 2.75) is 32.2 Å². The zero-order valence-electron chi connectivity index (χ0n) is 8.01. The first-order valence-electron chi connectivity index (χ1n) is 4.64. The molecule has 0 spiro atoms. The molecule has 0 rings (SSSR count). The molecule has 0 aliphatic heterocycles. The molecule has 0 saturated carbocycles. The average molecular weight is 211 g/mol. The van der Waals surface area contributed by atoms with Crippen LogP contribution in [0.4, 0.5) is 0 Å². The van der Waals surface area contributed by atoms with Crippen LogP contribution < -0.4 is 0 Å². The minimum Gasteiger partial charge on any atom is -0.357 e. The smallest absolute Gasteiger partial charge is 0.134 e. The average Bonchev–Trinajstić information content (AvgIpc) is 2.06. The lowest BCUT2D eigenvalue weighted by molar-refractivity contribution is -0.0827. The predicted molar refractivity (Wildman–Crippen MR) is 55.7 cm³/mol. The fraction of sp³-hybridized carbons (Fsp3) is 1.00. The van der Waals surface area contributed by atoms with Crippen molar-refractivity contribution >= 4 is 21.1 Å². The predicted octanol–water partition coefficient (Wildman–Crippen LogP) is 1.56. The van der Waals surface area contributed by atoms with Crippen LogP contribution in [0.1, 0.15) is 20.3 Å². The maximum Gasteiger partial charge on any atom is 0.134 e. The first kappa shape index (κ1) is 12.4. The van der Waals surface area contributed by atoms with E-state index in [1.54, 1.807) is 0 Å². The third-order valence-electron chi connectivity index (χ3n) is 1.53. The molecule has 0 aromatic carbocycles. The fourth-order valence-electron chi connectivity index (χ4n) is 0.992. The molecule has 0 aliphatic carbocycles. The van der Waals surface area contributed by atoms with Crippen molar-refractivity contribution in [2.24, 2.45) is 0 Å². The van der Waals surface area contributed by atoms with E-state index in [4.69, 9.17) is 21.1 Å². The number of halogens is 1. The Morgan fingerprint density at radius 1 is 1.25 bits per heavy atom. The van der Waals surface area contributed by atoms with Crippen molar-refractivity contribution < 1.29 is 9.47 Å². The van der Waals surface area contributed by atoms with E-state index < -0.39 is 0 Å². The van der Waals surface area contributed by atoms with Gasteiger partial charge in [0.1, 0.15) is 5.91 Å². The van der Waals surface area contributed by atoms with Crippen molar-refractivity contribution in [3.8, 4) is 0 Å². The van der Waals surface area contributed by atoms with Gasteiger partial charge in [-0.3, -0.25) is 0 Å². The Kier molecular flexibility index (Phi) is 9.85. The van der Waals surface area contributed by atoms with Gasteiger partial charge in [0.25, 0.3) is 0 Å². The van der Waals surface area contributed by atoms with Crippen LogP contribution in [0.3, 0.4) is 0 Å². The van der Waals surface area contributed by atoms with Crippen molar-refractivity contribution in [3.63, 3.8) is 0 Å². The number of hydrogen-bond acceptors (Lipinski definition) is 2. The lowest BCUT2D eigenvalue weighted by atomic mass is 10.6. The van der Waals surface area contributed by atoms with E-state index in [0.717, 1.165) is 25.5 Å². The Labute approximate surface area is 82.4 Å². The highest BCUT2D eigenvalue weighted by atomic mass is 35.5. The molecule has 0 radical (unpaired) electrons. The quantitative estimate of drug-likeness (QED) is 0.262. The highest BCUT2D eigenvalue weighted by Crippen LogP contribution is 1.99.